The Kier molecular flexibility index (Phi) is 7.31. The molecule has 4 amide bonds. The number of alkyl carbamates (subject to hydrolysis) is 1. The van der Waals surface area contributed by atoms with Crippen LogP contribution in [0.4, 0.5) is 4.79 Å². The molecule has 2 saturated carbocycles. The van der Waals surface area contributed by atoms with Gasteiger partial charge >= 0.3 is 6.09 Å². The number of piperidine rings is 1. The summed E-state index contributed by atoms with van der Waals surface area (Å²) < 4.78 is 5.38. The van der Waals surface area contributed by atoms with Crippen LogP contribution in [0.2, 0.25) is 0 Å². The zero-order chi connectivity index (χ0) is 28.1. The smallest absolute Gasteiger partial charge is 0.408 e. The van der Waals surface area contributed by atoms with E-state index in [1.54, 1.807) is 20.8 Å². The monoisotopic (exact) mass is 518 g/mol. The van der Waals surface area contributed by atoms with Gasteiger partial charge in [0.15, 0.2) is 0 Å². The summed E-state index contributed by atoms with van der Waals surface area (Å²) in [5.41, 5.74) is -2.78. The van der Waals surface area contributed by atoms with Gasteiger partial charge in [-0.1, -0.05) is 40.7 Å². The number of nitrogens with zero attached hydrogens (tertiary/aromatic N) is 1. The first-order chi connectivity index (χ1) is 16.9. The average molecular weight is 519 g/mol. The third-order valence-electron chi connectivity index (χ3n) is 7.69. The Morgan fingerprint density at radius 1 is 1.08 bits per heavy atom. The summed E-state index contributed by atoms with van der Waals surface area (Å²) in [7, 11) is 0. The summed E-state index contributed by atoms with van der Waals surface area (Å²) in [5.74, 6) is -2.24. The molecule has 0 bridgehead atoms. The average Bonchev–Trinajstić information content (AvgIpc) is 3.56. The van der Waals surface area contributed by atoms with Gasteiger partial charge in [-0.25, -0.2) is 4.79 Å². The van der Waals surface area contributed by atoms with Crippen LogP contribution in [0.15, 0.2) is 12.7 Å². The summed E-state index contributed by atoms with van der Waals surface area (Å²) in [6.07, 6.45) is 1.49. The molecule has 1 aliphatic heterocycles. The van der Waals surface area contributed by atoms with E-state index in [4.69, 9.17) is 4.74 Å². The first kappa shape index (κ1) is 28.7. The molecule has 0 aromatic carbocycles. The highest BCUT2D eigenvalue weighted by molar-refractivity contribution is 6.40. The van der Waals surface area contributed by atoms with Crippen molar-refractivity contribution in [1.82, 2.24) is 20.9 Å². The van der Waals surface area contributed by atoms with Gasteiger partial charge in [-0.15, -0.1) is 6.58 Å². The number of carbonyl (C=O) groups excluding carboxylic acids is 5. The van der Waals surface area contributed by atoms with Gasteiger partial charge in [0.25, 0.3) is 5.91 Å². The second-order valence-electron chi connectivity index (χ2n) is 13.2. The van der Waals surface area contributed by atoms with E-state index in [9.17, 15) is 24.0 Å². The molecule has 4 atom stereocenters. The largest absolute Gasteiger partial charge is 0.444 e. The Bertz CT molecular complexity index is 1000. The Morgan fingerprint density at radius 3 is 2.16 bits per heavy atom. The molecule has 3 rings (SSSR count). The second kappa shape index (κ2) is 9.44. The topological polar surface area (TPSA) is 134 Å². The first-order valence-corrected chi connectivity index (χ1v) is 12.9. The van der Waals surface area contributed by atoms with Crippen LogP contribution in [-0.4, -0.2) is 70.8 Å². The number of amides is 4. The molecular formula is C27H42N4O6. The van der Waals surface area contributed by atoms with E-state index in [0.29, 0.717) is 19.4 Å². The number of fused-ring (bicyclic) bond motifs is 1. The Morgan fingerprint density at radius 2 is 1.68 bits per heavy atom. The van der Waals surface area contributed by atoms with Crippen molar-refractivity contribution in [3.8, 4) is 0 Å². The summed E-state index contributed by atoms with van der Waals surface area (Å²) in [6.45, 7) is 18.9. The lowest BCUT2D eigenvalue weighted by molar-refractivity contribution is -0.145. The number of ether oxygens (including phenoxy) is 1. The van der Waals surface area contributed by atoms with Crippen LogP contribution in [0.3, 0.4) is 0 Å². The number of hydrogen-bond acceptors (Lipinski definition) is 6. The zero-order valence-electron chi connectivity index (χ0n) is 23.3. The van der Waals surface area contributed by atoms with Crippen molar-refractivity contribution in [1.29, 1.82) is 0 Å². The van der Waals surface area contributed by atoms with Crippen LogP contribution in [0.1, 0.15) is 68.2 Å². The minimum atomic E-state index is -1.24. The van der Waals surface area contributed by atoms with Gasteiger partial charge in [0.2, 0.25) is 17.6 Å². The molecule has 0 spiro atoms. The van der Waals surface area contributed by atoms with Crippen LogP contribution in [-0.2, 0) is 23.9 Å². The highest BCUT2D eigenvalue weighted by atomic mass is 16.6. The van der Waals surface area contributed by atoms with Crippen molar-refractivity contribution < 1.29 is 28.7 Å². The number of Topliss-reactive ketones (excluding diaryl/α,β-unsaturated/α-hetero) is 1. The van der Waals surface area contributed by atoms with Crippen molar-refractivity contribution >= 4 is 29.6 Å². The van der Waals surface area contributed by atoms with Crippen molar-refractivity contribution in [2.24, 2.45) is 22.7 Å². The molecule has 0 unspecified atom stereocenters. The Hall–Kier alpha value is -2.91. The lowest BCUT2D eigenvalue weighted by atomic mass is 9.85. The number of rotatable bonds is 8. The lowest BCUT2D eigenvalue weighted by Gasteiger charge is -2.38. The van der Waals surface area contributed by atoms with E-state index in [0.717, 1.165) is 0 Å². The summed E-state index contributed by atoms with van der Waals surface area (Å²) >= 11 is 0. The molecule has 3 N–H and O–H groups in total. The highest BCUT2D eigenvalue weighted by Crippen LogP contribution is 2.65. The van der Waals surface area contributed by atoms with Crippen molar-refractivity contribution in [2.45, 2.75) is 91.5 Å². The fraction of sp³-hybridized carbons (Fsp3) is 0.741. The van der Waals surface area contributed by atoms with Crippen LogP contribution < -0.4 is 16.0 Å². The van der Waals surface area contributed by atoms with E-state index < -0.39 is 52.3 Å². The molecule has 1 heterocycles. The molecule has 206 valence electrons. The number of hydrogen-bond donors (Lipinski definition) is 3. The van der Waals surface area contributed by atoms with Crippen LogP contribution in [0.5, 0.6) is 0 Å². The maximum absolute atomic E-state index is 13.9. The molecule has 3 fully saturated rings. The van der Waals surface area contributed by atoms with Crippen LogP contribution in [0, 0.1) is 22.7 Å². The van der Waals surface area contributed by atoms with Gasteiger partial charge in [0.1, 0.15) is 23.2 Å². The first-order valence-electron chi connectivity index (χ1n) is 12.9. The lowest BCUT2D eigenvalue weighted by Crippen LogP contribution is -2.61. The van der Waals surface area contributed by atoms with Crippen molar-refractivity contribution in [2.75, 3.05) is 13.1 Å². The molecule has 1 saturated heterocycles. The number of nitrogens with one attached hydrogen (secondary N) is 3. The molecular weight excluding hydrogens is 476 g/mol. The quantitative estimate of drug-likeness (QED) is 0.332. The van der Waals surface area contributed by atoms with Gasteiger partial charge in [-0.3, -0.25) is 19.2 Å². The maximum Gasteiger partial charge on any atom is 0.408 e. The maximum atomic E-state index is 13.9. The molecule has 0 aromatic rings. The number of likely N-dealkylation sites (tertiary alicyclic amines) is 1. The predicted molar refractivity (Wildman–Crippen MR) is 137 cm³/mol. The van der Waals surface area contributed by atoms with E-state index in [2.05, 4.69) is 36.4 Å². The van der Waals surface area contributed by atoms with E-state index >= 15 is 0 Å². The summed E-state index contributed by atoms with van der Waals surface area (Å²) in [5, 5.41) is 8.00. The van der Waals surface area contributed by atoms with Gasteiger partial charge in [-0.2, -0.15) is 0 Å². The van der Waals surface area contributed by atoms with Crippen LogP contribution in [0.25, 0.3) is 0 Å². The molecule has 10 heteroatoms. The minimum absolute atomic E-state index is 0.0842. The van der Waals surface area contributed by atoms with Crippen molar-refractivity contribution in [3.63, 3.8) is 0 Å². The fourth-order valence-electron chi connectivity index (χ4n) is 5.36. The predicted octanol–water partition coefficient (Wildman–Crippen LogP) is 1.93. The zero-order valence-corrected chi connectivity index (χ0v) is 23.3. The summed E-state index contributed by atoms with van der Waals surface area (Å²) in [4.78, 5) is 66.7. The normalized spacial score (nSPS) is 25.7. The fourth-order valence-corrected chi connectivity index (χ4v) is 5.36. The highest BCUT2D eigenvalue weighted by Gasteiger charge is 2.70. The Labute approximate surface area is 219 Å². The SMILES string of the molecule is C=CCNC(=O)C(=O)C1(NC(=O)[C@@H]2[C@@H]3[C@H](CN2C(=O)[C@@H](NC(=O)OC(C)(C)C)C(C)(C)C)C3(C)C)CC1. The Balaban J connectivity index is 1.81. The van der Waals surface area contributed by atoms with Gasteiger partial charge < -0.3 is 25.6 Å². The van der Waals surface area contributed by atoms with E-state index in [1.165, 1.54) is 11.0 Å². The molecule has 2 aliphatic carbocycles. The second-order valence-corrected chi connectivity index (χ2v) is 13.2. The minimum Gasteiger partial charge on any atom is -0.444 e. The molecule has 37 heavy (non-hydrogen) atoms. The van der Waals surface area contributed by atoms with Crippen molar-refractivity contribution in [3.05, 3.63) is 12.7 Å². The number of carbonyl (C=O) groups is 5. The third-order valence-corrected chi connectivity index (χ3v) is 7.69. The standard InChI is InChI=1S/C27H42N4O6/c1-10-13-28-21(34)19(32)27(11-12-27)30-20(33)17-16-15(26(16,8)9)14-31(17)22(35)18(24(2,3)4)29-23(36)37-25(5,6)7/h10,15-18H,1,11-14H2,2-9H3,(H,28,34)(H,29,36)(H,30,33)/t15-,16-,17-,18+/m0/s1. The van der Waals surface area contributed by atoms with Gasteiger partial charge in [0.05, 0.1) is 0 Å². The van der Waals surface area contributed by atoms with Gasteiger partial charge in [-0.05, 0) is 56.3 Å². The van der Waals surface area contributed by atoms with E-state index in [1.807, 2.05) is 20.8 Å². The van der Waals surface area contributed by atoms with Crippen LogP contribution >= 0.6 is 0 Å². The number of ketones is 1. The summed E-state index contributed by atoms with van der Waals surface area (Å²) in [6, 6.07) is -1.74. The van der Waals surface area contributed by atoms with E-state index in [-0.39, 0.29) is 29.7 Å². The molecule has 3 aliphatic rings. The third kappa shape index (κ3) is 5.83. The molecule has 10 nitrogen and oxygen atoms in total. The molecule has 0 aromatic heterocycles. The molecule has 0 radical (unpaired) electrons. The van der Waals surface area contributed by atoms with Gasteiger partial charge in [0, 0.05) is 13.1 Å².